The normalized spacial score (nSPS) is 11.3. The number of carbonyl (C=O) groups excluding carboxylic acids is 1. The number of nitrogens with two attached hydrogens (primary N) is 1. The molecule has 1 aromatic rings. The van der Waals surface area contributed by atoms with Gasteiger partial charge in [-0.15, -0.1) is 0 Å². The summed E-state index contributed by atoms with van der Waals surface area (Å²) in [6.45, 7) is 5.03. The summed E-state index contributed by atoms with van der Waals surface area (Å²) in [7, 11) is -3.72. The lowest BCUT2D eigenvalue weighted by Crippen LogP contribution is -2.15. The third-order valence-corrected chi connectivity index (χ3v) is 3.29. The molecule has 0 saturated carbocycles. The second kappa shape index (κ2) is 4.85. The second-order valence-corrected chi connectivity index (χ2v) is 5.42. The van der Waals surface area contributed by atoms with Crippen molar-refractivity contribution in [1.29, 1.82) is 0 Å². The predicted molar refractivity (Wildman–Crippen MR) is 66.2 cm³/mol. The van der Waals surface area contributed by atoms with E-state index in [2.05, 4.69) is 5.32 Å². The number of nitrogens with one attached hydrogen (secondary N) is 1. The molecular weight excluding hydrogens is 240 g/mol. The van der Waals surface area contributed by atoms with Crippen molar-refractivity contribution in [3.8, 4) is 0 Å². The van der Waals surface area contributed by atoms with Crippen molar-refractivity contribution in [3.63, 3.8) is 0 Å². The average Bonchev–Trinajstić information content (AvgIpc) is 2.18. The fraction of sp³-hybridized carbons (Fsp3) is 0.364. The third kappa shape index (κ3) is 3.28. The summed E-state index contributed by atoms with van der Waals surface area (Å²) in [6.07, 6.45) is 0.611. The Morgan fingerprint density at radius 3 is 2.41 bits per heavy atom. The molecule has 0 aliphatic rings. The van der Waals surface area contributed by atoms with Gasteiger partial charge in [0, 0.05) is 12.6 Å². The van der Waals surface area contributed by atoms with Crippen LogP contribution in [0.4, 0.5) is 5.69 Å². The van der Waals surface area contributed by atoms with Crippen LogP contribution in [-0.2, 0) is 21.2 Å². The van der Waals surface area contributed by atoms with Crippen molar-refractivity contribution in [2.24, 2.45) is 5.14 Å². The zero-order valence-corrected chi connectivity index (χ0v) is 10.9. The molecule has 0 aliphatic carbocycles. The first-order valence-electron chi connectivity index (χ1n) is 5.19. The largest absolute Gasteiger partial charge is 0.326 e. The lowest BCUT2D eigenvalue weighted by atomic mass is 10.1. The number of carbonyl (C=O) groups is 1. The van der Waals surface area contributed by atoms with Crippen LogP contribution in [0.15, 0.2) is 17.0 Å². The van der Waals surface area contributed by atoms with E-state index in [-0.39, 0.29) is 10.8 Å². The van der Waals surface area contributed by atoms with Gasteiger partial charge < -0.3 is 5.32 Å². The molecule has 0 aliphatic heterocycles. The van der Waals surface area contributed by atoms with Crippen molar-refractivity contribution in [2.75, 3.05) is 5.32 Å². The fourth-order valence-corrected chi connectivity index (χ4v) is 2.27. The SMILES string of the molecule is CCc1cc(S(N)(=O)=O)cc(C)c1NC(C)=O. The van der Waals surface area contributed by atoms with E-state index < -0.39 is 10.0 Å². The van der Waals surface area contributed by atoms with Crippen LogP contribution in [0.1, 0.15) is 25.0 Å². The first-order chi connectivity index (χ1) is 7.75. The molecule has 0 fully saturated rings. The Morgan fingerprint density at radius 2 is 2.00 bits per heavy atom. The molecule has 17 heavy (non-hydrogen) atoms. The molecule has 0 bridgehead atoms. The highest BCUT2D eigenvalue weighted by Crippen LogP contribution is 2.25. The number of amides is 1. The Labute approximate surface area is 101 Å². The molecular formula is C11H16N2O3S. The van der Waals surface area contributed by atoms with Crippen molar-refractivity contribution in [3.05, 3.63) is 23.3 Å². The predicted octanol–water partition coefficient (Wildman–Crippen LogP) is 1.16. The molecule has 1 aromatic carbocycles. The van der Waals surface area contributed by atoms with E-state index in [1.807, 2.05) is 6.92 Å². The Bertz CT molecular complexity index is 550. The van der Waals surface area contributed by atoms with E-state index in [1.165, 1.54) is 19.1 Å². The van der Waals surface area contributed by atoms with E-state index >= 15 is 0 Å². The van der Waals surface area contributed by atoms with Gasteiger partial charge in [0.25, 0.3) is 0 Å². The highest BCUT2D eigenvalue weighted by atomic mass is 32.2. The van der Waals surface area contributed by atoms with Crippen LogP contribution in [0.5, 0.6) is 0 Å². The summed E-state index contributed by atoms with van der Waals surface area (Å²) in [5.41, 5.74) is 2.10. The van der Waals surface area contributed by atoms with E-state index in [4.69, 9.17) is 5.14 Å². The lowest BCUT2D eigenvalue weighted by Gasteiger charge is -2.13. The molecule has 5 nitrogen and oxygen atoms in total. The molecule has 0 unspecified atom stereocenters. The van der Waals surface area contributed by atoms with E-state index in [0.717, 1.165) is 5.56 Å². The number of rotatable bonds is 3. The molecule has 0 saturated heterocycles. The molecule has 0 atom stereocenters. The minimum Gasteiger partial charge on any atom is -0.326 e. The van der Waals surface area contributed by atoms with E-state index in [1.54, 1.807) is 6.92 Å². The molecule has 0 heterocycles. The first kappa shape index (κ1) is 13.7. The highest BCUT2D eigenvalue weighted by Gasteiger charge is 2.14. The number of primary sulfonamides is 1. The number of hydrogen-bond acceptors (Lipinski definition) is 3. The third-order valence-electron chi connectivity index (χ3n) is 2.40. The van der Waals surface area contributed by atoms with Gasteiger partial charge in [-0.1, -0.05) is 6.92 Å². The van der Waals surface area contributed by atoms with E-state index in [9.17, 15) is 13.2 Å². The number of hydrogen-bond donors (Lipinski definition) is 2. The zero-order valence-electron chi connectivity index (χ0n) is 10.1. The van der Waals surface area contributed by atoms with Crippen LogP contribution >= 0.6 is 0 Å². The fourth-order valence-electron chi connectivity index (χ4n) is 1.62. The highest BCUT2D eigenvalue weighted by molar-refractivity contribution is 7.89. The number of anilines is 1. The van der Waals surface area contributed by atoms with Gasteiger partial charge in [-0.25, -0.2) is 13.6 Å². The van der Waals surface area contributed by atoms with Crippen molar-refractivity contribution < 1.29 is 13.2 Å². The van der Waals surface area contributed by atoms with Crippen molar-refractivity contribution in [1.82, 2.24) is 0 Å². The maximum Gasteiger partial charge on any atom is 0.238 e. The molecule has 0 spiro atoms. The van der Waals surface area contributed by atoms with Crippen LogP contribution in [0.3, 0.4) is 0 Å². The number of benzene rings is 1. The molecule has 1 rings (SSSR count). The van der Waals surface area contributed by atoms with Gasteiger partial charge in [-0.3, -0.25) is 4.79 Å². The van der Waals surface area contributed by atoms with Gasteiger partial charge in [0.15, 0.2) is 0 Å². The van der Waals surface area contributed by atoms with Crippen molar-refractivity contribution >= 4 is 21.6 Å². The minimum atomic E-state index is -3.72. The summed E-state index contributed by atoms with van der Waals surface area (Å²) < 4.78 is 22.6. The monoisotopic (exact) mass is 256 g/mol. The Hall–Kier alpha value is -1.40. The van der Waals surface area contributed by atoms with Crippen LogP contribution < -0.4 is 10.5 Å². The van der Waals surface area contributed by atoms with E-state index in [0.29, 0.717) is 17.7 Å². The smallest absolute Gasteiger partial charge is 0.238 e. The maximum absolute atomic E-state index is 11.3. The van der Waals surface area contributed by atoms with Gasteiger partial charge in [0.05, 0.1) is 4.90 Å². The first-order valence-corrected chi connectivity index (χ1v) is 6.74. The number of sulfonamides is 1. The molecule has 3 N–H and O–H groups in total. The molecule has 94 valence electrons. The topological polar surface area (TPSA) is 89.3 Å². The maximum atomic E-state index is 11.3. The van der Waals surface area contributed by atoms with Crippen LogP contribution in [0.25, 0.3) is 0 Å². The summed E-state index contributed by atoms with van der Waals surface area (Å²) in [5.74, 6) is -0.189. The standard InChI is InChI=1S/C11H16N2O3S/c1-4-9-6-10(17(12,15)16)5-7(2)11(9)13-8(3)14/h5-6H,4H2,1-3H3,(H,13,14)(H2,12,15,16). The molecule has 0 radical (unpaired) electrons. The van der Waals surface area contributed by atoms with Crippen LogP contribution in [0.2, 0.25) is 0 Å². The Balaban J connectivity index is 3.41. The minimum absolute atomic E-state index is 0.0703. The summed E-state index contributed by atoms with van der Waals surface area (Å²) in [5, 5.41) is 7.78. The van der Waals surface area contributed by atoms with Gasteiger partial charge in [-0.2, -0.15) is 0 Å². The van der Waals surface area contributed by atoms with Gasteiger partial charge >= 0.3 is 0 Å². The van der Waals surface area contributed by atoms with Crippen molar-refractivity contribution in [2.45, 2.75) is 32.1 Å². The van der Waals surface area contributed by atoms with Gasteiger partial charge in [0.2, 0.25) is 15.9 Å². The Kier molecular flexibility index (Phi) is 3.90. The molecule has 6 heteroatoms. The zero-order chi connectivity index (χ0) is 13.2. The average molecular weight is 256 g/mol. The lowest BCUT2D eigenvalue weighted by molar-refractivity contribution is -0.114. The van der Waals surface area contributed by atoms with Crippen LogP contribution in [-0.4, -0.2) is 14.3 Å². The summed E-state index contributed by atoms with van der Waals surface area (Å²) in [4.78, 5) is 11.1. The van der Waals surface area contributed by atoms with Crippen LogP contribution in [0, 0.1) is 6.92 Å². The quantitative estimate of drug-likeness (QED) is 0.850. The molecule has 0 aromatic heterocycles. The Morgan fingerprint density at radius 1 is 1.41 bits per heavy atom. The molecule has 1 amide bonds. The number of aryl methyl sites for hydroxylation is 2. The summed E-state index contributed by atoms with van der Waals surface area (Å²) in [6, 6.07) is 2.95. The van der Waals surface area contributed by atoms with Gasteiger partial charge in [-0.05, 0) is 36.6 Å². The summed E-state index contributed by atoms with van der Waals surface area (Å²) >= 11 is 0. The second-order valence-electron chi connectivity index (χ2n) is 3.85. The van der Waals surface area contributed by atoms with Gasteiger partial charge in [0.1, 0.15) is 0 Å².